The number of fused-ring (bicyclic) bond motifs is 1. The van der Waals surface area contributed by atoms with E-state index in [0.29, 0.717) is 0 Å². The number of alkyl halides is 3. The Bertz CT molecular complexity index is 1280. The first kappa shape index (κ1) is 28.8. The Labute approximate surface area is 239 Å². The Morgan fingerprint density at radius 1 is 0.756 bits per heavy atom. The SMILES string of the molecule is COc1cc(C(F)(F)F)ncn1.c1ccc(C(OCC23CCCN2CCC3)(c2ccccc2)c2ccccc2)cc1. The van der Waals surface area contributed by atoms with E-state index in [4.69, 9.17) is 4.74 Å². The van der Waals surface area contributed by atoms with Crippen molar-refractivity contribution < 1.29 is 22.6 Å². The Hall–Kier alpha value is -3.75. The van der Waals surface area contributed by atoms with Gasteiger partial charge in [0.2, 0.25) is 5.88 Å². The summed E-state index contributed by atoms with van der Waals surface area (Å²) in [5, 5.41) is 0. The molecular weight excluding hydrogens is 527 g/mol. The normalized spacial score (nSPS) is 16.5. The van der Waals surface area contributed by atoms with Crippen molar-refractivity contribution in [2.75, 3.05) is 26.8 Å². The van der Waals surface area contributed by atoms with E-state index >= 15 is 0 Å². The molecule has 0 N–H and O–H groups in total. The van der Waals surface area contributed by atoms with Crippen LogP contribution < -0.4 is 4.74 Å². The van der Waals surface area contributed by atoms with E-state index in [1.807, 2.05) is 0 Å². The lowest BCUT2D eigenvalue weighted by Crippen LogP contribution is -2.46. The number of hydrogen-bond acceptors (Lipinski definition) is 5. The first-order valence-electron chi connectivity index (χ1n) is 13.9. The molecule has 8 heteroatoms. The minimum Gasteiger partial charge on any atom is -0.481 e. The summed E-state index contributed by atoms with van der Waals surface area (Å²) < 4.78 is 47.5. The molecule has 0 spiro atoms. The van der Waals surface area contributed by atoms with Gasteiger partial charge in [0.1, 0.15) is 11.9 Å². The van der Waals surface area contributed by atoms with E-state index < -0.39 is 17.5 Å². The fourth-order valence-corrected chi connectivity index (χ4v) is 6.08. The van der Waals surface area contributed by atoms with Crippen LogP contribution in [0.2, 0.25) is 0 Å². The van der Waals surface area contributed by atoms with Crippen molar-refractivity contribution in [3.05, 3.63) is 126 Å². The van der Waals surface area contributed by atoms with Crippen molar-refractivity contribution in [3.63, 3.8) is 0 Å². The lowest BCUT2D eigenvalue weighted by atomic mass is 9.79. The predicted octanol–water partition coefficient (Wildman–Crippen LogP) is 7.13. The minimum absolute atomic E-state index is 0.0997. The van der Waals surface area contributed by atoms with E-state index in [9.17, 15) is 13.2 Å². The van der Waals surface area contributed by atoms with Crippen LogP contribution in [0.5, 0.6) is 5.88 Å². The van der Waals surface area contributed by atoms with Gasteiger partial charge < -0.3 is 9.47 Å². The maximum Gasteiger partial charge on any atom is 0.433 e. The van der Waals surface area contributed by atoms with Crippen LogP contribution >= 0.6 is 0 Å². The summed E-state index contributed by atoms with van der Waals surface area (Å²) >= 11 is 0. The lowest BCUT2D eigenvalue weighted by Gasteiger charge is -2.40. The highest BCUT2D eigenvalue weighted by Crippen LogP contribution is 2.45. The van der Waals surface area contributed by atoms with E-state index in [1.165, 1.54) is 62.6 Å². The van der Waals surface area contributed by atoms with Crippen LogP contribution in [0.15, 0.2) is 103 Å². The maximum absolute atomic E-state index is 12.0. The van der Waals surface area contributed by atoms with Gasteiger partial charge in [0.25, 0.3) is 0 Å². The average molecular weight is 562 g/mol. The molecule has 41 heavy (non-hydrogen) atoms. The molecule has 214 valence electrons. The molecule has 0 atom stereocenters. The quantitative estimate of drug-likeness (QED) is 0.225. The Morgan fingerprint density at radius 2 is 1.24 bits per heavy atom. The van der Waals surface area contributed by atoms with E-state index in [2.05, 4.69) is 111 Å². The summed E-state index contributed by atoms with van der Waals surface area (Å²) in [7, 11) is 1.24. The van der Waals surface area contributed by atoms with E-state index in [-0.39, 0.29) is 11.4 Å². The number of hydrogen-bond donors (Lipinski definition) is 0. The Morgan fingerprint density at radius 3 is 1.68 bits per heavy atom. The van der Waals surface area contributed by atoms with Crippen molar-refractivity contribution in [1.82, 2.24) is 14.9 Å². The van der Waals surface area contributed by atoms with Gasteiger partial charge >= 0.3 is 6.18 Å². The number of methoxy groups -OCH3 is 1. The third-order valence-corrected chi connectivity index (χ3v) is 8.05. The van der Waals surface area contributed by atoms with Crippen molar-refractivity contribution >= 4 is 0 Å². The van der Waals surface area contributed by atoms with Crippen molar-refractivity contribution in [2.45, 2.75) is 43.0 Å². The smallest absolute Gasteiger partial charge is 0.433 e. The summed E-state index contributed by atoms with van der Waals surface area (Å²) in [6.07, 6.45) is 1.44. The van der Waals surface area contributed by atoms with Gasteiger partial charge in [0.05, 0.1) is 13.7 Å². The molecular formula is C33H34F3N3O2. The second-order valence-electron chi connectivity index (χ2n) is 10.4. The van der Waals surface area contributed by atoms with Crippen LogP contribution in [0.25, 0.3) is 0 Å². The van der Waals surface area contributed by atoms with Crippen LogP contribution in [0, 0.1) is 0 Å². The largest absolute Gasteiger partial charge is 0.481 e. The molecule has 0 amide bonds. The molecule has 0 radical (unpaired) electrons. The monoisotopic (exact) mass is 561 g/mol. The second kappa shape index (κ2) is 12.4. The van der Waals surface area contributed by atoms with E-state index in [1.54, 1.807) is 0 Å². The van der Waals surface area contributed by atoms with Crippen LogP contribution in [0.4, 0.5) is 13.2 Å². The maximum atomic E-state index is 12.0. The Kier molecular flexibility index (Phi) is 8.71. The summed E-state index contributed by atoms with van der Waals surface area (Å²) in [4.78, 5) is 9.16. The third kappa shape index (κ3) is 6.14. The molecule has 6 rings (SSSR count). The fourth-order valence-electron chi connectivity index (χ4n) is 6.08. The number of ether oxygens (including phenoxy) is 2. The average Bonchev–Trinajstić information content (AvgIpc) is 3.60. The predicted molar refractivity (Wildman–Crippen MR) is 152 cm³/mol. The van der Waals surface area contributed by atoms with Gasteiger partial charge in [-0.05, 0) is 55.5 Å². The molecule has 0 aliphatic carbocycles. The molecule has 5 nitrogen and oxygen atoms in total. The highest BCUT2D eigenvalue weighted by atomic mass is 19.4. The summed E-state index contributed by atoms with van der Waals surface area (Å²) in [6.45, 7) is 3.21. The van der Waals surface area contributed by atoms with E-state index in [0.717, 1.165) is 19.0 Å². The molecule has 0 saturated carbocycles. The lowest BCUT2D eigenvalue weighted by molar-refractivity contribution is -0.141. The number of nitrogens with zero attached hydrogens (tertiary/aromatic N) is 3. The molecule has 3 heterocycles. The molecule has 3 aromatic carbocycles. The van der Waals surface area contributed by atoms with Crippen LogP contribution in [0.3, 0.4) is 0 Å². The van der Waals surface area contributed by atoms with Gasteiger partial charge in [-0.2, -0.15) is 13.2 Å². The van der Waals surface area contributed by atoms with Crippen molar-refractivity contribution in [2.24, 2.45) is 0 Å². The van der Waals surface area contributed by atoms with Gasteiger partial charge in [-0.25, -0.2) is 9.97 Å². The minimum atomic E-state index is -4.45. The van der Waals surface area contributed by atoms with Gasteiger partial charge in [-0.1, -0.05) is 91.0 Å². The molecule has 0 unspecified atom stereocenters. The molecule has 2 aliphatic heterocycles. The molecule has 4 aromatic rings. The van der Waals surface area contributed by atoms with Gasteiger partial charge in [0.15, 0.2) is 5.69 Å². The fraction of sp³-hybridized carbons (Fsp3) is 0.333. The number of benzene rings is 3. The zero-order valence-corrected chi connectivity index (χ0v) is 23.1. The van der Waals surface area contributed by atoms with Crippen molar-refractivity contribution in [3.8, 4) is 5.88 Å². The van der Waals surface area contributed by atoms with Crippen LogP contribution in [-0.4, -0.2) is 47.2 Å². The Balaban J connectivity index is 0.000000237. The first-order chi connectivity index (χ1) is 19.9. The summed E-state index contributed by atoms with van der Waals surface area (Å²) in [5.74, 6) is -0.0997. The van der Waals surface area contributed by atoms with Crippen LogP contribution in [-0.2, 0) is 16.5 Å². The van der Waals surface area contributed by atoms with Gasteiger partial charge in [-0.3, -0.25) is 4.90 Å². The van der Waals surface area contributed by atoms with Crippen molar-refractivity contribution in [1.29, 1.82) is 0 Å². The number of aromatic nitrogens is 2. The zero-order chi connectivity index (χ0) is 28.8. The molecule has 0 bridgehead atoms. The highest BCUT2D eigenvalue weighted by molar-refractivity contribution is 5.47. The van der Waals surface area contributed by atoms with Gasteiger partial charge in [-0.15, -0.1) is 0 Å². The zero-order valence-electron chi connectivity index (χ0n) is 23.1. The molecule has 2 fully saturated rings. The molecule has 2 saturated heterocycles. The number of halogens is 3. The topological polar surface area (TPSA) is 47.5 Å². The first-order valence-corrected chi connectivity index (χ1v) is 13.9. The third-order valence-electron chi connectivity index (χ3n) is 8.05. The standard InChI is InChI=1S/C27H29NO.C6H5F3N2O/c1-4-12-23(13-5-1)27(24-14-6-2-7-15-24,25-16-8-3-9-17-25)29-22-26-18-10-20-28(26)21-11-19-26;1-12-5-2-4(6(7,8)9)10-3-11-5/h1-9,12-17H,10-11,18-22H2;2-3H,1H3. The second-order valence-corrected chi connectivity index (χ2v) is 10.4. The molecule has 1 aromatic heterocycles. The summed E-state index contributed by atoms with van der Waals surface area (Å²) in [6, 6.07) is 32.9. The van der Waals surface area contributed by atoms with Crippen LogP contribution in [0.1, 0.15) is 48.1 Å². The highest BCUT2D eigenvalue weighted by Gasteiger charge is 2.47. The molecule has 2 aliphatic rings. The summed E-state index contributed by atoms with van der Waals surface area (Å²) in [5.41, 5.74) is 2.18. The van der Waals surface area contributed by atoms with Gasteiger partial charge in [0, 0.05) is 11.6 Å². The number of rotatable bonds is 7.